The molecule has 1 aliphatic carbocycles. The van der Waals surface area contributed by atoms with Gasteiger partial charge in [-0.2, -0.15) is 0 Å². The van der Waals surface area contributed by atoms with E-state index in [4.69, 9.17) is 27.9 Å². The Morgan fingerprint density at radius 2 is 1.61 bits per heavy atom. The van der Waals surface area contributed by atoms with Gasteiger partial charge in [0.1, 0.15) is 6.10 Å². The predicted octanol–water partition coefficient (Wildman–Crippen LogP) is 5.28. The van der Waals surface area contributed by atoms with Gasteiger partial charge in [0, 0.05) is 0 Å². The van der Waals surface area contributed by atoms with Gasteiger partial charge in [-0.25, -0.2) is 9.69 Å². The molecule has 0 spiro atoms. The van der Waals surface area contributed by atoms with Crippen molar-refractivity contribution < 1.29 is 19.1 Å². The average molecular weight is 418 g/mol. The van der Waals surface area contributed by atoms with Gasteiger partial charge in [-0.3, -0.25) is 9.59 Å². The normalized spacial score (nSPS) is 17.0. The van der Waals surface area contributed by atoms with Crippen LogP contribution < -0.4 is 4.90 Å². The Bertz CT molecular complexity index is 982. The number of benzene rings is 2. The zero-order valence-corrected chi connectivity index (χ0v) is 16.4. The highest BCUT2D eigenvalue weighted by molar-refractivity contribution is 6.42. The Labute approximate surface area is 172 Å². The van der Waals surface area contributed by atoms with Gasteiger partial charge in [0.2, 0.25) is 0 Å². The number of anilines is 1. The number of ether oxygens (including phenoxy) is 1. The van der Waals surface area contributed by atoms with Crippen LogP contribution in [0.5, 0.6) is 0 Å². The van der Waals surface area contributed by atoms with Gasteiger partial charge in [-0.1, -0.05) is 29.6 Å². The van der Waals surface area contributed by atoms with Crippen molar-refractivity contribution in [3.05, 3.63) is 63.1 Å². The van der Waals surface area contributed by atoms with Crippen LogP contribution in [0.4, 0.5) is 5.69 Å². The fourth-order valence-corrected chi connectivity index (χ4v) is 3.92. The summed E-state index contributed by atoms with van der Waals surface area (Å²) in [4.78, 5) is 39.1. The van der Waals surface area contributed by atoms with Crippen LogP contribution in [0, 0.1) is 0 Å². The number of esters is 1. The van der Waals surface area contributed by atoms with E-state index in [2.05, 4.69) is 0 Å². The summed E-state index contributed by atoms with van der Waals surface area (Å²) in [5.41, 5.74) is 1.01. The summed E-state index contributed by atoms with van der Waals surface area (Å²) in [5, 5.41) is 0.572. The molecule has 0 bridgehead atoms. The highest BCUT2D eigenvalue weighted by Gasteiger charge is 2.37. The molecule has 0 unspecified atom stereocenters. The molecule has 2 aromatic carbocycles. The molecule has 0 saturated heterocycles. The van der Waals surface area contributed by atoms with Crippen LogP contribution in [-0.4, -0.2) is 23.9 Å². The molecule has 4 rings (SSSR count). The summed E-state index contributed by atoms with van der Waals surface area (Å²) >= 11 is 11.9. The molecule has 0 aromatic heterocycles. The van der Waals surface area contributed by atoms with E-state index in [0.717, 1.165) is 37.0 Å². The monoisotopic (exact) mass is 417 g/mol. The van der Waals surface area contributed by atoms with Crippen LogP contribution in [0.15, 0.2) is 36.4 Å². The number of carbonyl (C=O) groups excluding carboxylic acids is 3. The predicted molar refractivity (Wildman–Crippen MR) is 106 cm³/mol. The number of amides is 2. The molecule has 7 heteroatoms. The molecule has 2 aliphatic rings. The highest BCUT2D eigenvalue weighted by atomic mass is 35.5. The first kappa shape index (κ1) is 19.0. The maximum atomic E-state index is 12.8. The molecule has 2 aromatic rings. The van der Waals surface area contributed by atoms with Crippen molar-refractivity contribution in [3.63, 3.8) is 0 Å². The number of fused-ring (bicyclic) bond motifs is 1. The Morgan fingerprint density at radius 1 is 0.893 bits per heavy atom. The summed E-state index contributed by atoms with van der Waals surface area (Å²) < 4.78 is 5.56. The maximum absolute atomic E-state index is 12.8. The SMILES string of the molecule is O=C(OC1CCCCC1)c1ccc2c(c1)C(=O)N(c1ccc(Cl)c(Cl)c1)C2=O. The number of hydrogen-bond acceptors (Lipinski definition) is 4. The van der Waals surface area contributed by atoms with Crippen LogP contribution in [-0.2, 0) is 4.74 Å². The maximum Gasteiger partial charge on any atom is 0.338 e. The number of carbonyl (C=O) groups is 3. The number of imide groups is 1. The topological polar surface area (TPSA) is 63.7 Å². The van der Waals surface area contributed by atoms with E-state index in [9.17, 15) is 14.4 Å². The molecule has 5 nitrogen and oxygen atoms in total. The highest BCUT2D eigenvalue weighted by Crippen LogP contribution is 2.33. The third kappa shape index (κ3) is 3.40. The van der Waals surface area contributed by atoms with Gasteiger partial charge in [-0.15, -0.1) is 0 Å². The Hall–Kier alpha value is -2.37. The van der Waals surface area contributed by atoms with E-state index in [-0.39, 0.29) is 27.8 Å². The third-order valence-electron chi connectivity index (χ3n) is 5.11. The minimum absolute atomic E-state index is 0.0838. The van der Waals surface area contributed by atoms with E-state index >= 15 is 0 Å². The van der Waals surface area contributed by atoms with Crippen molar-refractivity contribution in [2.24, 2.45) is 0 Å². The van der Waals surface area contributed by atoms with Crippen molar-refractivity contribution in [2.45, 2.75) is 38.2 Å². The zero-order valence-electron chi connectivity index (χ0n) is 14.9. The Morgan fingerprint density at radius 3 is 2.32 bits per heavy atom. The first-order valence-electron chi connectivity index (χ1n) is 9.14. The summed E-state index contributed by atoms with van der Waals surface area (Å²) in [6, 6.07) is 8.98. The molecule has 2 amide bonds. The second-order valence-corrected chi connectivity index (χ2v) is 7.78. The van der Waals surface area contributed by atoms with E-state index in [0.29, 0.717) is 10.7 Å². The molecule has 0 atom stereocenters. The van der Waals surface area contributed by atoms with Crippen LogP contribution in [0.2, 0.25) is 10.0 Å². The third-order valence-corrected chi connectivity index (χ3v) is 5.85. The van der Waals surface area contributed by atoms with Crippen LogP contribution in [0.3, 0.4) is 0 Å². The summed E-state index contributed by atoms with van der Waals surface area (Å²) in [7, 11) is 0. The second-order valence-electron chi connectivity index (χ2n) is 6.97. The number of halogens is 2. The van der Waals surface area contributed by atoms with Gasteiger partial charge < -0.3 is 4.74 Å². The van der Waals surface area contributed by atoms with Crippen molar-refractivity contribution in [1.82, 2.24) is 0 Å². The fourth-order valence-electron chi connectivity index (χ4n) is 3.63. The van der Waals surface area contributed by atoms with Gasteiger partial charge in [0.05, 0.1) is 32.4 Å². The standard InChI is InChI=1S/C21H17Cl2NO4/c22-17-9-7-13(11-18(17)23)24-19(25)15-8-6-12(10-16(15)20(24)26)21(27)28-14-4-2-1-3-5-14/h6-11,14H,1-5H2. The fraction of sp³-hybridized carbons (Fsp3) is 0.286. The molecule has 0 radical (unpaired) electrons. The van der Waals surface area contributed by atoms with Crippen molar-refractivity contribution >= 4 is 46.7 Å². The Balaban J connectivity index is 1.60. The van der Waals surface area contributed by atoms with Crippen LogP contribution in [0.25, 0.3) is 0 Å². The minimum atomic E-state index is -0.509. The number of nitrogens with zero attached hydrogens (tertiary/aromatic N) is 1. The molecule has 28 heavy (non-hydrogen) atoms. The lowest BCUT2D eigenvalue weighted by atomic mass is 9.97. The van der Waals surface area contributed by atoms with Crippen molar-refractivity contribution in [1.29, 1.82) is 0 Å². The molecule has 1 heterocycles. The van der Waals surface area contributed by atoms with E-state index in [1.807, 2.05) is 0 Å². The summed E-state index contributed by atoms with van der Waals surface area (Å²) in [6.45, 7) is 0. The first-order chi connectivity index (χ1) is 13.5. The van der Waals surface area contributed by atoms with Crippen LogP contribution in [0.1, 0.15) is 63.2 Å². The molecule has 1 aliphatic heterocycles. The lowest BCUT2D eigenvalue weighted by Gasteiger charge is -2.21. The van der Waals surface area contributed by atoms with E-state index in [1.54, 1.807) is 6.07 Å². The zero-order chi connectivity index (χ0) is 19.8. The van der Waals surface area contributed by atoms with E-state index in [1.165, 1.54) is 30.3 Å². The van der Waals surface area contributed by atoms with Crippen LogP contribution >= 0.6 is 23.2 Å². The average Bonchev–Trinajstić information content (AvgIpc) is 2.95. The van der Waals surface area contributed by atoms with Gasteiger partial charge >= 0.3 is 5.97 Å². The van der Waals surface area contributed by atoms with Gasteiger partial charge in [0.25, 0.3) is 11.8 Å². The lowest BCUT2D eigenvalue weighted by molar-refractivity contribution is 0.0211. The van der Waals surface area contributed by atoms with Crippen molar-refractivity contribution in [2.75, 3.05) is 4.90 Å². The largest absolute Gasteiger partial charge is 0.459 e. The van der Waals surface area contributed by atoms with Gasteiger partial charge in [0.15, 0.2) is 0 Å². The number of hydrogen-bond donors (Lipinski definition) is 0. The minimum Gasteiger partial charge on any atom is -0.459 e. The molecule has 1 saturated carbocycles. The smallest absolute Gasteiger partial charge is 0.338 e. The quantitative estimate of drug-likeness (QED) is 0.502. The second kappa shape index (κ2) is 7.57. The molecule has 144 valence electrons. The number of rotatable bonds is 3. The molecular formula is C21H17Cl2NO4. The van der Waals surface area contributed by atoms with Gasteiger partial charge in [-0.05, 0) is 62.1 Å². The molecule has 0 N–H and O–H groups in total. The summed E-state index contributed by atoms with van der Waals surface area (Å²) in [6.07, 6.45) is 4.90. The lowest BCUT2D eigenvalue weighted by Crippen LogP contribution is -2.29. The molecule has 1 fully saturated rings. The Kier molecular flexibility index (Phi) is 5.13. The van der Waals surface area contributed by atoms with Crippen molar-refractivity contribution in [3.8, 4) is 0 Å². The summed E-state index contributed by atoms with van der Waals surface area (Å²) in [5.74, 6) is -1.45. The first-order valence-corrected chi connectivity index (χ1v) is 9.90. The molecular weight excluding hydrogens is 401 g/mol. The van der Waals surface area contributed by atoms with E-state index < -0.39 is 17.8 Å².